The molecular formula is C22H21ClN4O3. The average molecular weight is 425 g/mol. The summed E-state index contributed by atoms with van der Waals surface area (Å²) in [4.78, 5) is 21.4. The van der Waals surface area contributed by atoms with Gasteiger partial charge in [-0.15, -0.1) is 0 Å². The van der Waals surface area contributed by atoms with E-state index in [2.05, 4.69) is 16.1 Å². The van der Waals surface area contributed by atoms with Gasteiger partial charge in [0.1, 0.15) is 5.65 Å². The minimum Gasteiger partial charge on any atom is -0.454 e. The molecule has 1 fully saturated rings. The Morgan fingerprint density at radius 1 is 1.17 bits per heavy atom. The van der Waals surface area contributed by atoms with Crippen LogP contribution in [-0.2, 0) is 11.3 Å². The third-order valence-corrected chi connectivity index (χ3v) is 5.63. The van der Waals surface area contributed by atoms with Crippen LogP contribution in [0.2, 0.25) is 5.02 Å². The van der Waals surface area contributed by atoms with Crippen LogP contribution in [-0.4, -0.2) is 58.1 Å². The highest BCUT2D eigenvalue weighted by Gasteiger charge is 2.21. The normalized spacial score (nSPS) is 16.6. The first-order valence-corrected chi connectivity index (χ1v) is 10.2. The fraction of sp³-hybridized carbons (Fsp3) is 0.273. The number of ether oxygens (including phenoxy) is 2. The zero-order valence-electron chi connectivity index (χ0n) is 16.3. The predicted molar refractivity (Wildman–Crippen MR) is 114 cm³/mol. The van der Waals surface area contributed by atoms with Gasteiger partial charge in [-0.05, 0) is 35.9 Å². The smallest absolute Gasteiger partial charge is 0.246 e. The summed E-state index contributed by atoms with van der Waals surface area (Å²) in [5, 5.41) is 0.484. The van der Waals surface area contributed by atoms with Crippen molar-refractivity contribution in [3.63, 3.8) is 0 Å². The number of amides is 1. The molecule has 2 aliphatic heterocycles. The number of benzene rings is 1. The van der Waals surface area contributed by atoms with Crippen LogP contribution >= 0.6 is 11.6 Å². The molecule has 0 saturated carbocycles. The molecule has 3 aromatic rings. The number of rotatable bonds is 4. The van der Waals surface area contributed by atoms with Gasteiger partial charge in [0.25, 0.3) is 0 Å². The van der Waals surface area contributed by atoms with Crippen LogP contribution < -0.4 is 9.47 Å². The molecule has 7 nitrogen and oxygen atoms in total. The van der Waals surface area contributed by atoms with Crippen molar-refractivity contribution in [3.8, 4) is 11.5 Å². The van der Waals surface area contributed by atoms with Crippen molar-refractivity contribution in [2.45, 2.75) is 6.54 Å². The van der Waals surface area contributed by atoms with Gasteiger partial charge in [-0.1, -0.05) is 17.7 Å². The van der Waals surface area contributed by atoms with Crippen LogP contribution in [0.15, 0.2) is 48.8 Å². The summed E-state index contributed by atoms with van der Waals surface area (Å²) in [6.07, 6.45) is 7.42. The lowest BCUT2D eigenvalue weighted by atomic mass is 10.2. The number of carbonyl (C=O) groups excluding carboxylic acids is 1. The second-order valence-electron chi connectivity index (χ2n) is 7.37. The minimum absolute atomic E-state index is 0.00355. The van der Waals surface area contributed by atoms with Crippen molar-refractivity contribution in [2.24, 2.45) is 0 Å². The summed E-state index contributed by atoms with van der Waals surface area (Å²) >= 11 is 6.20. The lowest BCUT2D eigenvalue weighted by Gasteiger charge is -2.33. The molecule has 0 aliphatic carbocycles. The highest BCUT2D eigenvalue weighted by atomic mass is 35.5. The van der Waals surface area contributed by atoms with Crippen LogP contribution in [0.5, 0.6) is 11.5 Å². The fourth-order valence-electron chi connectivity index (χ4n) is 3.78. The summed E-state index contributed by atoms with van der Waals surface area (Å²) in [6, 6.07) is 9.58. The molecule has 1 amide bonds. The second kappa shape index (κ2) is 8.01. The van der Waals surface area contributed by atoms with Gasteiger partial charge >= 0.3 is 0 Å². The first-order chi connectivity index (χ1) is 14.7. The Morgan fingerprint density at radius 2 is 2.03 bits per heavy atom. The topological polar surface area (TPSA) is 59.3 Å². The van der Waals surface area contributed by atoms with E-state index in [1.807, 2.05) is 39.8 Å². The molecule has 0 spiro atoms. The maximum absolute atomic E-state index is 12.6. The van der Waals surface area contributed by atoms with Crippen LogP contribution in [0.4, 0.5) is 0 Å². The number of carbonyl (C=O) groups is 1. The van der Waals surface area contributed by atoms with Gasteiger partial charge in [0.2, 0.25) is 12.7 Å². The van der Waals surface area contributed by atoms with Crippen LogP contribution in [0.3, 0.4) is 0 Å². The van der Waals surface area contributed by atoms with Crippen LogP contribution in [0.25, 0.3) is 11.7 Å². The van der Waals surface area contributed by atoms with Crippen molar-refractivity contribution in [1.82, 2.24) is 19.2 Å². The Labute approximate surface area is 179 Å². The van der Waals surface area contributed by atoms with E-state index in [1.54, 1.807) is 18.2 Å². The number of fused-ring (bicyclic) bond motifs is 2. The quantitative estimate of drug-likeness (QED) is 0.602. The number of hydrogen-bond donors (Lipinski definition) is 0. The molecule has 0 N–H and O–H groups in total. The molecule has 2 aliphatic rings. The molecule has 0 radical (unpaired) electrons. The Morgan fingerprint density at radius 3 is 2.87 bits per heavy atom. The molecule has 4 heterocycles. The maximum Gasteiger partial charge on any atom is 0.246 e. The molecule has 1 aromatic carbocycles. The van der Waals surface area contributed by atoms with Gasteiger partial charge in [0.15, 0.2) is 11.5 Å². The van der Waals surface area contributed by atoms with E-state index >= 15 is 0 Å². The zero-order valence-corrected chi connectivity index (χ0v) is 17.1. The predicted octanol–water partition coefficient (Wildman–Crippen LogP) is 3.07. The summed E-state index contributed by atoms with van der Waals surface area (Å²) < 4.78 is 12.7. The third-order valence-electron chi connectivity index (χ3n) is 5.35. The van der Waals surface area contributed by atoms with E-state index < -0.39 is 0 Å². The fourth-order valence-corrected chi connectivity index (χ4v) is 4.05. The average Bonchev–Trinajstić information content (AvgIpc) is 3.39. The number of nitrogens with zero attached hydrogens (tertiary/aromatic N) is 4. The largest absolute Gasteiger partial charge is 0.454 e. The van der Waals surface area contributed by atoms with E-state index in [4.69, 9.17) is 21.1 Å². The molecule has 5 rings (SSSR count). The Bertz CT molecular complexity index is 1090. The summed E-state index contributed by atoms with van der Waals surface area (Å²) in [7, 11) is 0. The lowest BCUT2D eigenvalue weighted by molar-refractivity contribution is -0.127. The SMILES string of the molecule is O=C(/C=C/c1cc(Cl)c2c(c1)OCO2)N1CCN(Cc2cn3ccccc3n2)CC1. The van der Waals surface area contributed by atoms with Gasteiger partial charge in [-0.2, -0.15) is 0 Å². The van der Waals surface area contributed by atoms with Crippen molar-refractivity contribution in [3.05, 3.63) is 65.1 Å². The maximum atomic E-state index is 12.6. The van der Waals surface area contributed by atoms with Crippen molar-refractivity contribution >= 4 is 29.2 Å². The summed E-state index contributed by atoms with van der Waals surface area (Å²) in [6.45, 7) is 3.99. The Hall–Kier alpha value is -3.03. The summed E-state index contributed by atoms with van der Waals surface area (Å²) in [5.74, 6) is 1.16. The number of halogens is 1. The molecule has 30 heavy (non-hydrogen) atoms. The van der Waals surface area contributed by atoms with Gasteiger partial charge in [-0.25, -0.2) is 4.98 Å². The van der Waals surface area contributed by atoms with Gasteiger partial charge in [-0.3, -0.25) is 9.69 Å². The first kappa shape index (κ1) is 19.0. The van der Waals surface area contributed by atoms with E-state index in [0.717, 1.165) is 36.5 Å². The Balaban J connectivity index is 1.17. The molecule has 2 aromatic heterocycles. The molecule has 1 saturated heterocycles. The second-order valence-corrected chi connectivity index (χ2v) is 7.78. The molecule has 0 bridgehead atoms. The van der Waals surface area contributed by atoms with E-state index in [9.17, 15) is 4.79 Å². The standard InChI is InChI=1S/C22H21ClN4O3/c23-18-11-16(12-19-22(18)30-15-29-19)4-5-21(28)26-9-7-25(8-10-26)13-17-14-27-6-2-1-3-20(27)24-17/h1-6,11-12,14H,7-10,13,15H2/b5-4+. The highest BCUT2D eigenvalue weighted by molar-refractivity contribution is 6.32. The number of piperazine rings is 1. The van der Waals surface area contributed by atoms with Gasteiger partial charge < -0.3 is 18.8 Å². The van der Waals surface area contributed by atoms with Gasteiger partial charge in [0.05, 0.1) is 10.7 Å². The number of imidazole rings is 1. The third kappa shape index (κ3) is 3.86. The van der Waals surface area contributed by atoms with E-state index in [1.165, 1.54) is 0 Å². The monoisotopic (exact) mass is 424 g/mol. The molecule has 8 heteroatoms. The van der Waals surface area contributed by atoms with E-state index in [-0.39, 0.29) is 12.7 Å². The molecule has 0 atom stereocenters. The highest BCUT2D eigenvalue weighted by Crippen LogP contribution is 2.40. The molecule has 154 valence electrons. The Kier molecular flexibility index (Phi) is 5.06. The van der Waals surface area contributed by atoms with Crippen molar-refractivity contribution in [1.29, 1.82) is 0 Å². The summed E-state index contributed by atoms with van der Waals surface area (Å²) in [5.41, 5.74) is 2.80. The van der Waals surface area contributed by atoms with Crippen molar-refractivity contribution < 1.29 is 14.3 Å². The molecular weight excluding hydrogens is 404 g/mol. The number of aromatic nitrogens is 2. The van der Waals surface area contributed by atoms with Crippen LogP contribution in [0.1, 0.15) is 11.3 Å². The van der Waals surface area contributed by atoms with Crippen molar-refractivity contribution in [2.75, 3.05) is 33.0 Å². The number of hydrogen-bond acceptors (Lipinski definition) is 5. The minimum atomic E-state index is -0.00355. The molecule has 0 unspecified atom stereocenters. The van der Waals surface area contributed by atoms with Gasteiger partial charge in [0, 0.05) is 51.2 Å². The number of pyridine rings is 1. The first-order valence-electron chi connectivity index (χ1n) is 9.87. The van der Waals surface area contributed by atoms with Crippen LogP contribution in [0, 0.1) is 0 Å². The van der Waals surface area contributed by atoms with E-state index in [0.29, 0.717) is 29.6 Å². The lowest BCUT2D eigenvalue weighted by Crippen LogP contribution is -2.47. The zero-order chi connectivity index (χ0) is 20.5.